The molecule has 0 atom stereocenters. The molecule has 19 heavy (non-hydrogen) atoms. The Balaban J connectivity index is 1.85. The second-order valence-corrected chi connectivity index (χ2v) is 5.92. The third-order valence-corrected chi connectivity index (χ3v) is 3.54. The first-order valence-electron chi connectivity index (χ1n) is 6.04. The normalized spacial score (nSPS) is 11.8. The summed E-state index contributed by atoms with van der Waals surface area (Å²) in [4.78, 5) is 4.34. The van der Waals surface area contributed by atoms with Crippen molar-refractivity contribution in [2.75, 3.05) is 12.3 Å². The monoisotopic (exact) mass is 280 g/mol. The standard InChI is InChI=1S/C13H16N2O3S/c16-19(17,18)7-3-6-14-9-11-8-12-4-1-2-5-13(12)15-10-11/h1-2,4-5,8,10,14H,3,6-7,9H2,(H,16,17,18). The number of benzene rings is 1. The molecule has 2 N–H and O–H groups in total. The van der Waals surface area contributed by atoms with E-state index in [4.69, 9.17) is 4.55 Å². The Hall–Kier alpha value is -1.50. The van der Waals surface area contributed by atoms with Crippen LogP contribution in [0.3, 0.4) is 0 Å². The quantitative estimate of drug-likeness (QED) is 0.620. The van der Waals surface area contributed by atoms with Crippen molar-refractivity contribution in [3.63, 3.8) is 0 Å². The van der Waals surface area contributed by atoms with Gasteiger partial charge in [0.15, 0.2) is 0 Å². The predicted octanol–water partition coefficient (Wildman–Crippen LogP) is 1.60. The smallest absolute Gasteiger partial charge is 0.264 e. The zero-order valence-electron chi connectivity index (χ0n) is 10.4. The third kappa shape index (κ3) is 4.59. The summed E-state index contributed by atoms with van der Waals surface area (Å²) in [7, 11) is -3.85. The Bertz CT molecular complexity index is 656. The molecule has 0 amide bonds. The lowest BCUT2D eigenvalue weighted by molar-refractivity contribution is 0.479. The topological polar surface area (TPSA) is 79.3 Å². The molecule has 0 aliphatic rings. The summed E-state index contributed by atoms with van der Waals surface area (Å²) in [6.45, 7) is 1.16. The number of hydrogen-bond acceptors (Lipinski definition) is 4. The van der Waals surface area contributed by atoms with Gasteiger partial charge < -0.3 is 5.32 Å². The summed E-state index contributed by atoms with van der Waals surface area (Å²) in [6, 6.07) is 9.93. The van der Waals surface area contributed by atoms with E-state index in [1.165, 1.54) is 0 Å². The first-order chi connectivity index (χ1) is 9.04. The molecule has 6 heteroatoms. The van der Waals surface area contributed by atoms with Crippen molar-refractivity contribution in [1.29, 1.82) is 0 Å². The molecule has 0 unspecified atom stereocenters. The van der Waals surface area contributed by atoms with Crippen LogP contribution in [0.15, 0.2) is 36.5 Å². The summed E-state index contributed by atoms with van der Waals surface area (Å²) < 4.78 is 29.6. The van der Waals surface area contributed by atoms with Crippen molar-refractivity contribution in [3.05, 3.63) is 42.1 Å². The van der Waals surface area contributed by atoms with Crippen LogP contribution in [0.5, 0.6) is 0 Å². The van der Waals surface area contributed by atoms with Crippen LogP contribution in [-0.4, -0.2) is 30.3 Å². The summed E-state index contributed by atoms with van der Waals surface area (Å²) in [5.41, 5.74) is 2.00. The molecule has 1 aromatic heterocycles. The largest absolute Gasteiger partial charge is 0.313 e. The predicted molar refractivity (Wildman–Crippen MR) is 74.5 cm³/mol. The van der Waals surface area contributed by atoms with Gasteiger partial charge in [0.1, 0.15) is 0 Å². The van der Waals surface area contributed by atoms with E-state index in [0.717, 1.165) is 16.5 Å². The zero-order valence-corrected chi connectivity index (χ0v) is 11.2. The molecular formula is C13H16N2O3S. The lowest BCUT2D eigenvalue weighted by Gasteiger charge is -2.05. The first-order valence-corrected chi connectivity index (χ1v) is 7.65. The molecule has 0 spiro atoms. The molecule has 102 valence electrons. The summed E-state index contributed by atoms with van der Waals surface area (Å²) >= 11 is 0. The highest BCUT2D eigenvalue weighted by molar-refractivity contribution is 7.85. The molecule has 5 nitrogen and oxygen atoms in total. The van der Waals surface area contributed by atoms with Crippen molar-refractivity contribution >= 4 is 21.0 Å². The first kappa shape index (κ1) is 13.9. The summed E-state index contributed by atoms with van der Waals surface area (Å²) in [5, 5.41) is 4.21. The molecule has 0 saturated heterocycles. The number of nitrogens with one attached hydrogen (secondary N) is 1. The highest BCUT2D eigenvalue weighted by Gasteiger charge is 2.03. The maximum Gasteiger partial charge on any atom is 0.264 e. The molecule has 0 radical (unpaired) electrons. The minimum Gasteiger partial charge on any atom is -0.313 e. The van der Waals surface area contributed by atoms with E-state index in [1.54, 1.807) is 6.20 Å². The van der Waals surface area contributed by atoms with Crippen molar-refractivity contribution in [2.24, 2.45) is 0 Å². The molecule has 2 rings (SSSR count). The molecule has 0 aliphatic heterocycles. The van der Waals surface area contributed by atoms with Gasteiger partial charge in [-0.1, -0.05) is 18.2 Å². The lowest BCUT2D eigenvalue weighted by Crippen LogP contribution is -2.18. The van der Waals surface area contributed by atoms with E-state index >= 15 is 0 Å². The number of hydrogen-bond donors (Lipinski definition) is 2. The van der Waals surface area contributed by atoms with Crippen LogP contribution in [0.1, 0.15) is 12.0 Å². The molecular weight excluding hydrogens is 264 g/mol. The van der Waals surface area contributed by atoms with E-state index in [1.807, 2.05) is 24.3 Å². The second-order valence-electron chi connectivity index (χ2n) is 4.35. The minimum absolute atomic E-state index is 0.212. The highest BCUT2D eigenvalue weighted by atomic mass is 32.2. The van der Waals surface area contributed by atoms with E-state index in [9.17, 15) is 8.42 Å². The Morgan fingerprint density at radius 3 is 2.84 bits per heavy atom. The molecule has 0 fully saturated rings. The van der Waals surface area contributed by atoms with Gasteiger partial charge in [-0.3, -0.25) is 9.54 Å². The van der Waals surface area contributed by atoms with Gasteiger partial charge in [-0.05, 0) is 30.7 Å². The molecule has 1 aromatic carbocycles. The fourth-order valence-corrected chi connectivity index (χ4v) is 2.33. The third-order valence-electron chi connectivity index (χ3n) is 2.73. The highest BCUT2D eigenvalue weighted by Crippen LogP contribution is 2.12. The van der Waals surface area contributed by atoms with Crippen LogP contribution < -0.4 is 5.32 Å². The number of fused-ring (bicyclic) bond motifs is 1. The van der Waals surface area contributed by atoms with Crippen molar-refractivity contribution in [3.8, 4) is 0 Å². The van der Waals surface area contributed by atoms with Crippen LogP contribution in [-0.2, 0) is 16.7 Å². The van der Waals surface area contributed by atoms with Crippen LogP contribution in [0.2, 0.25) is 0 Å². The fraction of sp³-hybridized carbons (Fsp3) is 0.308. The van der Waals surface area contributed by atoms with Gasteiger partial charge in [0, 0.05) is 18.1 Å². The van der Waals surface area contributed by atoms with E-state index in [2.05, 4.69) is 16.4 Å². The van der Waals surface area contributed by atoms with Gasteiger partial charge in [0.2, 0.25) is 0 Å². The Morgan fingerprint density at radius 2 is 2.05 bits per heavy atom. The minimum atomic E-state index is -3.85. The average Bonchev–Trinajstić information content (AvgIpc) is 2.37. The number of rotatable bonds is 6. The Labute approximate surface area is 112 Å². The SMILES string of the molecule is O=S(=O)(O)CCCNCc1cnc2ccccc2c1. The number of nitrogens with zero attached hydrogens (tertiary/aromatic N) is 1. The average molecular weight is 280 g/mol. The number of pyridine rings is 1. The Kier molecular flexibility index (Phi) is 4.47. The number of para-hydroxylation sites is 1. The number of aromatic nitrogens is 1. The molecule has 0 aliphatic carbocycles. The van der Waals surface area contributed by atoms with Crippen LogP contribution in [0, 0.1) is 0 Å². The maximum absolute atomic E-state index is 10.5. The molecule has 2 aromatic rings. The second kappa shape index (κ2) is 6.10. The molecule has 1 heterocycles. The van der Waals surface area contributed by atoms with Gasteiger partial charge in [0.25, 0.3) is 10.1 Å². The maximum atomic E-state index is 10.5. The van der Waals surface area contributed by atoms with E-state index in [0.29, 0.717) is 19.5 Å². The van der Waals surface area contributed by atoms with Gasteiger partial charge in [0.05, 0.1) is 11.3 Å². The summed E-state index contributed by atoms with van der Waals surface area (Å²) in [6.07, 6.45) is 2.19. The van der Waals surface area contributed by atoms with E-state index in [-0.39, 0.29) is 5.75 Å². The van der Waals surface area contributed by atoms with Crippen LogP contribution in [0.4, 0.5) is 0 Å². The van der Waals surface area contributed by atoms with Crippen molar-refractivity contribution in [2.45, 2.75) is 13.0 Å². The van der Waals surface area contributed by atoms with Gasteiger partial charge in [-0.15, -0.1) is 0 Å². The van der Waals surface area contributed by atoms with Crippen LogP contribution >= 0.6 is 0 Å². The lowest BCUT2D eigenvalue weighted by atomic mass is 10.1. The zero-order chi connectivity index (χ0) is 13.7. The molecule has 0 bridgehead atoms. The Morgan fingerprint density at radius 1 is 1.26 bits per heavy atom. The van der Waals surface area contributed by atoms with Crippen LogP contribution in [0.25, 0.3) is 10.9 Å². The van der Waals surface area contributed by atoms with Gasteiger partial charge in [-0.25, -0.2) is 0 Å². The van der Waals surface area contributed by atoms with Gasteiger partial charge >= 0.3 is 0 Å². The van der Waals surface area contributed by atoms with Crippen molar-refractivity contribution < 1.29 is 13.0 Å². The van der Waals surface area contributed by atoms with Gasteiger partial charge in [-0.2, -0.15) is 8.42 Å². The summed E-state index contributed by atoms with van der Waals surface area (Å²) in [5.74, 6) is -0.212. The van der Waals surface area contributed by atoms with Crippen molar-refractivity contribution in [1.82, 2.24) is 10.3 Å². The fourth-order valence-electron chi connectivity index (χ4n) is 1.83. The molecule has 0 saturated carbocycles. The van der Waals surface area contributed by atoms with E-state index < -0.39 is 10.1 Å².